The van der Waals surface area contributed by atoms with Gasteiger partial charge in [-0.15, -0.1) is 0 Å². The minimum Gasteiger partial charge on any atom is -0.351 e. The molecule has 23 heavy (non-hydrogen) atoms. The van der Waals surface area contributed by atoms with E-state index in [1.807, 2.05) is 31.2 Å². The molecule has 1 amide bonds. The maximum atomic E-state index is 12.1. The standard InChI is InChI=1S/C15H11N5O2S/c1-9-8-13(18-14(21)11-6-7-16-22-11)20(19-9)15-17-10-4-2-3-5-12(10)23-15/h2-8H,1H3,(H,18,21). The summed E-state index contributed by atoms with van der Waals surface area (Å²) in [5.74, 6) is 0.285. The number of carbonyl (C=O) groups is 1. The van der Waals surface area contributed by atoms with Crippen molar-refractivity contribution in [3.63, 3.8) is 0 Å². The fourth-order valence-electron chi connectivity index (χ4n) is 2.20. The fourth-order valence-corrected chi connectivity index (χ4v) is 3.13. The van der Waals surface area contributed by atoms with Crippen LogP contribution < -0.4 is 5.32 Å². The summed E-state index contributed by atoms with van der Waals surface area (Å²) in [4.78, 5) is 16.7. The molecule has 0 spiro atoms. The molecular weight excluding hydrogens is 314 g/mol. The topological polar surface area (TPSA) is 85.8 Å². The third-order valence-corrected chi connectivity index (χ3v) is 4.21. The molecule has 3 aromatic heterocycles. The number of nitrogens with zero attached hydrogens (tertiary/aromatic N) is 4. The number of aryl methyl sites for hydroxylation is 1. The van der Waals surface area contributed by atoms with Gasteiger partial charge in [-0.2, -0.15) is 9.78 Å². The molecule has 3 heterocycles. The van der Waals surface area contributed by atoms with E-state index >= 15 is 0 Å². The molecule has 4 aromatic rings. The van der Waals surface area contributed by atoms with Crippen LogP contribution in [-0.2, 0) is 0 Å². The zero-order valence-electron chi connectivity index (χ0n) is 12.1. The number of anilines is 1. The Bertz CT molecular complexity index is 954. The fraction of sp³-hybridized carbons (Fsp3) is 0.0667. The van der Waals surface area contributed by atoms with Gasteiger partial charge in [0.1, 0.15) is 5.82 Å². The first-order valence-electron chi connectivity index (χ1n) is 6.85. The van der Waals surface area contributed by atoms with Gasteiger partial charge in [-0.3, -0.25) is 4.79 Å². The van der Waals surface area contributed by atoms with Gasteiger partial charge in [0, 0.05) is 12.1 Å². The van der Waals surface area contributed by atoms with Gasteiger partial charge < -0.3 is 9.84 Å². The molecule has 0 saturated heterocycles. The average Bonchev–Trinajstić information content (AvgIpc) is 3.25. The highest BCUT2D eigenvalue weighted by Crippen LogP contribution is 2.27. The third-order valence-electron chi connectivity index (χ3n) is 3.20. The highest BCUT2D eigenvalue weighted by Gasteiger charge is 2.16. The summed E-state index contributed by atoms with van der Waals surface area (Å²) in [5, 5.41) is 11.4. The van der Waals surface area contributed by atoms with E-state index in [2.05, 4.69) is 20.6 Å². The molecule has 114 valence electrons. The second kappa shape index (κ2) is 5.33. The van der Waals surface area contributed by atoms with E-state index in [4.69, 9.17) is 4.52 Å². The van der Waals surface area contributed by atoms with Crippen molar-refractivity contribution in [3.05, 3.63) is 54.0 Å². The SMILES string of the molecule is Cc1cc(NC(=O)c2ccno2)n(-c2nc3ccccc3s2)n1. The van der Waals surface area contributed by atoms with Gasteiger partial charge in [0.2, 0.25) is 10.9 Å². The van der Waals surface area contributed by atoms with Crippen LogP contribution in [0.25, 0.3) is 15.3 Å². The number of thiazole rings is 1. The summed E-state index contributed by atoms with van der Waals surface area (Å²) in [5.41, 5.74) is 1.67. The van der Waals surface area contributed by atoms with E-state index in [1.165, 1.54) is 23.6 Å². The average molecular weight is 325 g/mol. The van der Waals surface area contributed by atoms with E-state index in [9.17, 15) is 4.79 Å². The van der Waals surface area contributed by atoms with E-state index in [-0.39, 0.29) is 11.7 Å². The molecule has 4 rings (SSSR count). The Kier molecular flexibility index (Phi) is 3.16. The largest absolute Gasteiger partial charge is 0.351 e. The second-order valence-corrected chi connectivity index (χ2v) is 5.89. The number of nitrogens with one attached hydrogen (secondary N) is 1. The van der Waals surface area contributed by atoms with Crippen LogP contribution in [-0.4, -0.2) is 25.8 Å². The number of rotatable bonds is 3. The van der Waals surface area contributed by atoms with Crippen molar-refractivity contribution < 1.29 is 9.32 Å². The third kappa shape index (κ3) is 2.49. The Balaban J connectivity index is 1.73. The number of carbonyl (C=O) groups excluding carboxylic acids is 1. The first-order valence-corrected chi connectivity index (χ1v) is 7.67. The van der Waals surface area contributed by atoms with Gasteiger partial charge in [0.05, 0.1) is 22.1 Å². The lowest BCUT2D eigenvalue weighted by molar-refractivity contribution is 0.0987. The van der Waals surface area contributed by atoms with E-state index in [0.717, 1.165) is 15.9 Å². The summed E-state index contributed by atoms with van der Waals surface area (Å²) in [6.45, 7) is 1.86. The zero-order chi connectivity index (χ0) is 15.8. The molecule has 0 bridgehead atoms. The van der Waals surface area contributed by atoms with Crippen molar-refractivity contribution in [2.24, 2.45) is 0 Å². The highest BCUT2D eigenvalue weighted by atomic mass is 32.1. The number of hydrogen-bond acceptors (Lipinski definition) is 6. The van der Waals surface area contributed by atoms with Crippen molar-refractivity contribution in [1.29, 1.82) is 0 Å². The van der Waals surface area contributed by atoms with Crippen molar-refractivity contribution in [3.8, 4) is 5.13 Å². The van der Waals surface area contributed by atoms with Crippen LogP contribution in [0.4, 0.5) is 5.82 Å². The number of para-hydroxylation sites is 1. The van der Waals surface area contributed by atoms with E-state index in [1.54, 1.807) is 10.7 Å². The lowest BCUT2D eigenvalue weighted by atomic mass is 10.3. The molecule has 1 N–H and O–H groups in total. The Morgan fingerprint density at radius 3 is 2.96 bits per heavy atom. The summed E-state index contributed by atoms with van der Waals surface area (Å²) < 4.78 is 7.54. The summed E-state index contributed by atoms with van der Waals surface area (Å²) in [6, 6.07) is 11.1. The van der Waals surface area contributed by atoms with Crippen LogP contribution in [0.2, 0.25) is 0 Å². The van der Waals surface area contributed by atoms with Gasteiger partial charge in [0.25, 0.3) is 5.91 Å². The lowest BCUT2D eigenvalue weighted by Crippen LogP contribution is -2.14. The monoisotopic (exact) mass is 325 g/mol. The first kappa shape index (κ1) is 13.6. The number of amides is 1. The second-order valence-electron chi connectivity index (χ2n) is 4.88. The Morgan fingerprint density at radius 2 is 2.17 bits per heavy atom. The summed E-state index contributed by atoms with van der Waals surface area (Å²) >= 11 is 1.50. The molecule has 0 radical (unpaired) electrons. The number of benzene rings is 1. The summed E-state index contributed by atoms with van der Waals surface area (Å²) in [6.07, 6.45) is 1.42. The molecule has 0 aliphatic rings. The molecule has 0 aliphatic heterocycles. The van der Waals surface area contributed by atoms with E-state index < -0.39 is 0 Å². The van der Waals surface area contributed by atoms with Crippen LogP contribution in [0.5, 0.6) is 0 Å². The molecule has 0 atom stereocenters. The quantitative estimate of drug-likeness (QED) is 0.626. The zero-order valence-corrected chi connectivity index (χ0v) is 12.9. The summed E-state index contributed by atoms with van der Waals surface area (Å²) in [7, 11) is 0. The van der Waals surface area contributed by atoms with Crippen molar-refractivity contribution in [2.45, 2.75) is 6.92 Å². The number of hydrogen-bond donors (Lipinski definition) is 1. The normalized spacial score (nSPS) is 11.0. The minimum atomic E-state index is -0.384. The van der Waals surface area contributed by atoms with Gasteiger partial charge >= 0.3 is 0 Å². The molecular formula is C15H11N5O2S. The van der Waals surface area contributed by atoms with Crippen LogP contribution in [0.3, 0.4) is 0 Å². The number of aromatic nitrogens is 4. The maximum Gasteiger partial charge on any atom is 0.295 e. The Morgan fingerprint density at radius 1 is 1.30 bits per heavy atom. The van der Waals surface area contributed by atoms with Crippen LogP contribution in [0.1, 0.15) is 16.2 Å². The Labute approximate surface area is 134 Å². The van der Waals surface area contributed by atoms with Crippen LogP contribution in [0.15, 0.2) is 47.1 Å². The number of fused-ring (bicyclic) bond motifs is 1. The molecule has 0 unspecified atom stereocenters. The first-order chi connectivity index (χ1) is 11.2. The highest BCUT2D eigenvalue weighted by molar-refractivity contribution is 7.20. The van der Waals surface area contributed by atoms with Gasteiger partial charge in [-0.1, -0.05) is 28.6 Å². The lowest BCUT2D eigenvalue weighted by Gasteiger charge is -2.04. The minimum absolute atomic E-state index is 0.139. The van der Waals surface area contributed by atoms with Crippen molar-refractivity contribution in [2.75, 3.05) is 5.32 Å². The predicted octanol–water partition coefficient (Wildman–Crippen LogP) is 3.03. The van der Waals surface area contributed by atoms with Gasteiger partial charge in [-0.25, -0.2) is 4.98 Å². The van der Waals surface area contributed by atoms with Crippen LogP contribution in [0, 0.1) is 6.92 Å². The van der Waals surface area contributed by atoms with Crippen molar-refractivity contribution in [1.82, 2.24) is 19.9 Å². The van der Waals surface area contributed by atoms with Gasteiger partial charge in [0.15, 0.2) is 0 Å². The van der Waals surface area contributed by atoms with Crippen molar-refractivity contribution >= 4 is 33.3 Å². The predicted molar refractivity (Wildman–Crippen MR) is 85.9 cm³/mol. The van der Waals surface area contributed by atoms with E-state index in [0.29, 0.717) is 10.9 Å². The van der Waals surface area contributed by atoms with Crippen LogP contribution >= 0.6 is 11.3 Å². The molecule has 7 nitrogen and oxygen atoms in total. The molecule has 1 aromatic carbocycles. The maximum absolute atomic E-state index is 12.1. The smallest absolute Gasteiger partial charge is 0.295 e. The molecule has 0 fully saturated rings. The van der Waals surface area contributed by atoms with Gasteiger partial charge in [-0.05, 0) is 19.1 Å². The molecule has 8 heteroatoms. The Hall–Kier alpha value is -3.00. The molecule has 0 saturated carbocycles. The molecule has 0 aliphatic carbocycles.